The Morgan fingerprint density at radius 1 is 1.20 bits per heavy atom. The van der Waals surface area contributed by atoms with E-state index in [1.54, 1.807) is 27.7 Å². The normalized spacial score (nSPS) is 33.1. The minimum atomic E-state index is -0.718. The molecule has 0 radical (unpaired) electrons. The molecule has 2 fully saturated rings. The molecule has 0 aromatic carbocycles. The van der Waals surface area contributed by atoms with Gasteiger partial charge in [0.1, 0.15) is 23.9 Å². The molecule has 7 nitrogen and oxygen atoms in total. The molecule has 0 unspecified atom stereocenters. The van der Waals surface area contributed by atoms with Gasteiger partial charge in [0.2, 0.25) is 0 Å². The number of hydrogen-bond donors (Lipinski definition) is 1. The minimum Gasteiger partial charge on any atom is -0.458 e. The van der Waals surface area contributed by atoms with Crippen LogP contribution in [0.1, 0.15) is 67.2 Å². The first-order valence-corrected chi connectivity index (χ1v) is 9.02. The lowest BCUT2D eigenvalue weighted by Crippen LogP contribution is -2.47. The van der Waals surface area contributed by atoms with Crippen molar-refractivity contribution in [2.45, 2.75) is 103 Å². The van der Waals surface area contributed by atoms with Gasteiger partial charge in [0.25, 0.3) is 0 Å². The average Bonchev–Trinajstić information content (AvgIpc) is 2.74. The van der Waals surface area contributed by atoms with Gasteiger partial charge in [-0.25, -0.2) is 9.59 Å². The van der Waals surface area contributed by atoms with E-state index in [2.05, 4.69) is 5.32 Å². The number of ether oxygens (including phenoxy) is 4. The van der Waals surface area contributed by atoms with Crippen molar-refractivity contribution in [2.24, 2.45) is 0 Å². The molecule has 2 aliphatic rings. The fourth-order valence-corrected chi connectivity index (χ4v) is 3.21. The van der Waals surface area contributed by atoms with E-state index in [0.29, 0.717) is 6.42 Å². The molecule has 2 aliphatic heterocycles. The maximum atomic E-state index is 12.5. The summed E-state index contributed by atoms with van der Waals surface area (Å²) in [5, 5.41) is 2.63. The zero-order valence-corrected chi connectivity index (χ0v) is 16.1. The third-order valence-corrected chi connectivity index (χ3v) is 4.19. The SMILES string of the molecule is C[C@@H]1OC(=O)[C@@H](NC(=O)OC(C)(C)C)CCCC[C@@H]2OC(C)(C)O[C@@H]12. The van der Waals surface area contributed by atoms with E-state index in [-0.39, 0.29) is 12.2 Å². The van der Waals surface area contributed by atoms with Crippen molar-refractivity contribution in [1.82, 2.24) is 5.32 Å². The lowest BCUT2D eigenvalue weighted by molar-refractivity contribution is -0.170. The van der Waals surface area contributed by atoms with E-state index in [1.807, 2.05) is 13.8 Å². The van der Waals surface area contributed by atoms with Crippen molar-refractivity contribution in [3.8, 4) is 0 Å². The van der Waals surface area contributed by atoms with Gasteiger partial charge < -0.3 is 24.3 Å². The van der Waals surface area contributed by atoms with E-state index < -0.39 is 35.6 Å². The lowest BCUT2D eigenvalue weighted by Gasteiger charge is -2.28. The fraction of sp³-hybridized carbons (Fsp3) is 0.889. The van der Waals surface area contributed by atoms with Crippen molar-refractivity contribution in [1.29, 1.82) is 0 Å². The summed E-state index contributed by atoms with van der Waals surface area (Å²) in [4.78, 5) is 24.5. The van der Waals surface area contributed by atoms with Crippen molar-refractivity contribution in [3.63, 3.8) is 0 Å². The smallest absolute Gasteiger partial charge is 0.408 e. The van der Waals surface area contributed by atoms with Gasteiger partial charge in [0.15, 0.2) is 5.79 Å². The predicted octanol–water partition coefficient (Wildman–Crippen LogP) is 2.91. The predicted molar refractivity (Wildman–Crippen MR) is 91.0 cm³/mol. The van der Waals surface area contributed by atoms with Crippen LogP contribution in [0.15, 0.2) is 0 Å². The van der Waals surface area contributed by atoms with Crippen molar-refractivity contribution in [3.05, 3.63) is 0 Å². The Morgan fingerprint density at radius 3 is 2.48 bits per heavy atom. The summed E-state index contributed by atoms with van der Waals surface area (Å²) in [6.07, 6.45) is 1.53. The van der Waals surface area contributed by atoms with E-state index >= 15 is 0 Å². The Balaban J connectivity index is 2.02. The minimum absolute atomic E-state index is 0.0897. The highest BCUT2D eigenvalue weighted by molar-refractivity contribution is 5.81. The average molecular weight is 357 g/mol. The molecule has 0 aromatic rings. The number of rotatable bonds is 1. The molecule has 144 valence electrons. The Labute approximate surface area is 149 Å². The quantitative estimate of drug-likeness (QED) is 0.727. The van der Waals surface area contributed by atoms with Gasteiger partial charge in [0, 0.05) is 0 Å². The van der Waals surface area contributed by atoms with Gasteiger partial charge in [-0.05, 0) is 54.4 Å². The topological polar surface area (TPSA) is 83.1 Å². The number of carbonyl (C=O) groups is 2. The van der Waals surface area contributed by atoms with Crippen LogP contribution in [0.4, 0.5) is 4.79 Å². The van der Waals surface area contributed by atoms with Crippen LogP contribution in [0, 0.1) is 0 Å². The van der Waals surface area contributed by atoms with Crippen molar-refractivity contribution >= 4 is 12.1 Å². The molecule has 2 heterocycles. The molecule has 0 saturated carbocycles. The maximum absolute atomic E-state index is 12.5. The third kappa shape index (κ3) is 5.85. The van der Waals surface area contributed by atoms with E-state index in [0.717, 1.165) is 19.3 Å². The van der Waals surface area contributed by atoms with Crippen molar-refractivity contribution < 1.29 is 28.5 Å². The van der Waals surface area contributed by atoms with Gasteiger partial charge in [-0.3, -0.25) is 0 Å². The second-order valence-electron chi connectivity index (χ2n) is 8.26. The van der Waals surface area contributed by atoms with E-state index in [4.69, 9.17) is 18.9 Å². The summed E-state index contributed by atoms with van der Waals surface area (Å²) in [6, 6.07) is -0.718. The zero-order valence-electron chi connectivity index (χ0n) is 16.1. The molecule has 0 spiro atoms. The molecule has 4 atom stereocenters. The molecule has 0 aliphatic carbocycles. The second kappa shape index (κ2) is 7.50. The number of nitrogens with one attached hydrogen (secondary N) is 1. The molecular formula is C18H31NO6. The van der Waals surface area contributed by atoms with Gasteiger partial charge in [0.05, 0.1) is 6.10 Å². The first kappa shape index (κ1) is 20.0. The monoisotopic (exact) mass is 357 g/mol. The van der Waals surface area contributed by atoms with Gasteiger partial charge in [-0.15, -0.1) is 0 Å². The van der Waals surface area contributed by atoms with Crippen LogP contribution >= 0.6 is 0 Å². The van der Waals surface area contributed by atoms with Crippen LogP contribution in [0.3, 0.4) is 0 Å². The Morgan fingerprint density at radius 2 is 1.84 bits per heavy atom. The van der Waals surface area contributed by atoms with E-state index in [1.165, 1.54) is 0 Å². The third-order valence-electron chi connectivity index (χ3n) is 4.19. The summed E-state index contributed by atoms with van der Waals surface area (Å²) in [7, 11) is 0. The molecule has 1 N–H and O–H groups in total. The number of carbonyl (C=O) groups excluding carboxylic acids is 2. The molecule has 2 saturated heterocycles. The Kier molecular flexibility index (Phi) is 5.99. The Hall–Kier alpha value is -1.34. The number of alkyl carbamates (subject to hydrolysis) is 1. The lowest BCUT2D eigenvalue weighted by atomic mass is 9.99. The summed E-state index contributed by atoms with van der Waals surface area (Å²) >= 11 is 0. The largest absolute Gasteiger partial charge is 0.458 e. The molecule has 1 amide bonds. The van der Waals surface area contributed by atoms with Crippen LogP contribution in [0.25, 0.3) is 0 Å². The summed E-state index contributed by atoms with van der Waals surface area (Å²) in [5.74, 6) is -1.15. The summed E-state index contributed by atoms with van der Waals surface area (Å²) in [6.45, 7) is 10.9. The van der Waals surface area contributed by atoms with Crippen LogP contribution in [-0.2, 0) is 23.7 Å². The molecular weight excluding hydrogens is 326 g/mol. The molecule has 0 aromatic heterocycles. The molecule has 25 heavy (non-hydrogen) atoms. The first-order chi connectivity index (χ1) is 11.5. The van der Waals surface area contributed by atoms with E-state index in [9.17, 15) is 9.59 Å². The Bertz CT molecular complexity index is 498. The van der Waals surface area contributed by atoms with Crippen LogP contribution in [-0.4, -0.2) is 47.8 Å². The number of esters is 1. The number of fused-ring (bicyclic) bond motifs is 1. The number of amides is 1. The standard InChI is InChI=1S/C18H31NO6/c1-11-14-13(23-18(5,6)24-14)10-8-7-9-12(15(20)22-11)19-16(21)25-17(2,3)4/h11-14H,7-10H2,1-6H3,(H,19,21)/t11-,12-,13-,14-/m0/s1. The fourth-order valence-electron chi connectivity index (χ4n) is 3.21. The molecule has 0 bridgehead atoms. The number of hydrogen-bond acceptors (Lipinski definition) is 6. The van der Waals surface area contributed by atoms with Gasteiger partial charge in [-0.2, -0.15) is 0 Å². The highest BCUT2D eigenvalue weighted by Gasteiger charge is 2.45. The molecule has 7 heteroatoms. The molecule has 2 rings (SSSR count). The maximum Gasteiger partial charge on any atom is 0.408 e. The first-order valence-electron chi connectivity index (χ1n) is 9.02. The highest BCUT2D eigenvalue weighted by atomic mass is 16.8. The van der Waals surface area contributed by atoms with Gasteiger partial charge >= 0.3 is 12.1 Å². The van der Waals surface area contributed by atoms with Crippen LogP contribution in [0.2, 0.25) is 0 Å². The van der Waals surface area contributed by atoms with Crippen LogP contribution in [0.5, 0.6) is 0 Å². The summed E-state index contributed by atoms with van der Waals surface area (Å²) < 4.78 is 22.7. The van der Waals surface area contributed by atoms with Crippen molar-refractivity contribution in [2.75, 3.05) is 0 Å². The van der Waals surface area contributed by atoms with Gasteiger partial charge in [-0.1, -0.05) is 12.8 Å². The highest BCUT2D eigenvalue weighted by Crippen LogP contribution is 2.34. The second-order valence-corrected chi connectivity index (χ2v) is 8.26. The zero-order chi connectivity index (χ0) is 18.8. The number of cyclic esters (lactones) is 1. The van der Waals surface area contributed by atoms with Crippen LogP contribution < -0.4 is 5.32 Å². The summed E-state index contributed by atoms with van der Waals surface area (Å²) in [5.41, 5.74) is -0.620.